The number of carbonyl (C=O) groups excluding carboxylic acids is 1. The molecule has 0 spiro atoms. The molecule has 9 nitrogen and oxygen atoms in total. The van der Waals surface area contributed by atoms with Gasteiger partial charge in [-0.25, -0.2) is 18.4 Å². The molecule has 33 heavy (non-hydrogen) atoms. The number of carbonyl (C=O) groups is 1. The zero-order valence-corrected chi connectivity index (χ0v) is 19.7. The fraction of sp³-hybridized carbons (Fsp3) is 0.391. The van der Waals surface area contributed by atoms with Gasteiger partial charge in [-0.15, -0.1) is 0 Å². The second-order valence-electron chi connectivity index (χ2n) is 8.54. The van der Waals surface area contributed by atoms with Crippen LogP contribution in [0.25, 0.3) is 0 Å². The summed E-state index contributed by atoms with van der Waals surface area (Å²) in [6.45, 7) is 5.72. The minimum atomic E-state index is -3.30. The third kappa shape index (κ3) is 5.05. The summed E-state index contributed by atoms with van der Waals surface area (Å²) in [6, 6.07) is 8.13. The largest absolute Gasteiger partial charge is 0.438 e. The maximum Gasteiger partial charge on any atom is 0.235 e. The number of aromatic amines is 1. The number of aldehydes is 1. The highest BCUT2D eigenvalue weighted by molar-refractivity contribution is 7.90. The standard InChI is InChI=1S/C23H27N5O4S/c1-15(2)20-12-21(27-26-20)16-8-10-28(11-9-16)22-19(13-29)23(25-14-24-22)32-17-4-6-18(7-5-17)33(3,30)31/h4-7,12-16H,8-11H2,1-3H3,(H,26,27). The Kier molecular flexibility index (Phi) is 6.46. The van der Waals surface area contributed by atoms with Gasteiger partial charge in [-0.05, 0) is 49.1 Å². The molecule has 1 saturated heterocycles. The van der Waals surface area contributed by atoms with Gasteiger partial charge >= 0.3 is 0 Å². The van der Waals surface area contributed by atoms with Gasteiger partial charge in [0.15, 0.2) is 16.1 Å². The molecular formula is C23H27N5O4S. The first-order valence-electron chi connectivity index (χ1n) is 10.8. The van der Waals surface area contributed by atoms with E-state index in [9.17, 15) is 13.2 Å². The minimum absolute atomic E-state index is 0.138. The first kappa shape index (κ1) is 22.9. The van der Waals surface area contributed by atoms with Gasteiger partial charge in [-0.3, -0.25) is 9.89 Å². The van der Waals surface area contributed by atoms with E-state index in [2.05, 4.69) is 45.0 Å². The van der Waals surface area contributed by atoms with Gasteiger partial charge in [0.2, 0.25) is 5.88 Å². The van der Waals surface area contributed by atoms with Gasteiger partial charge in [0.25, 0.3) is 0 Å². The summed E-state index contributed by atoms with van der Waals surface area (Å²) in [6.07, 6.45) is 5.03. The predicted octanol–water partition coefficient (Wildman–Crippen LogP) is 3.72. The number of hydrogen-bond acceptors (Lipinski definition) is 8. The number of anilines is 1. The molecular weight excluding hydrogens is 442 g/mol. The highest BCUT2D eigenvalue weighted by atomic mass is 32.2. The Bertz CT molecular complexity index is 1230. The van der Waals surface area contributed by atoms with E-state index >= 15 is 0 Å². The molecule has 0 aliphatic carbocycles. The van der Waals surface area contributed by atoms with Crippen LogP contribution >= 0.6 is 0 Å². The van der Waals surface area contributed by atoms with Gasteiger partial charge in [0.1, 0.15) is 23.5 Å². The van der Waals surface area contributed by atoms with Crippen molar-refractivity contribution >= 4 is 21.9 Å². The number of aromatic nitrogens is 4. The third-order valence-electron chi connectivity index (χ3n) is 5.85. The van der Waals surface area contributed by atoms with Crippen LogP contribution in [-0.4, -0.2) is 54.2 Å². The third-order valence-corrected chi connectivity index (χ3v) is 6.98. The zero-order valence-electron chi connectivity index (χ0n) is 18.9. The van der Waals surface area contributed by atoms with E-state index in [1.165, 1.54) is 30.6 Å². The van der Waals surface area contributed by atoms with Crippen LogP contribution in [0.2, 0.25) is 0 Å². The predicted molar refractivity (Wildman–Crippen MR) is 124 cm³/mol. The summed E-state index contributed by atoms with van der Waals surface area (Å²) >= 11 is 0. The van der Waals surface area contributed by atoms with Crippen molar-refractivity contribution in [1.29, 1.82) is 0 Å². The van der Waals surface area contributed by atoms with Crippen molar-refractivity contribution in [3.63, 3.8) is 0 Å². The molecule has 3 heterocycles. The summed E-state index contributed by atoms with van der Waals surface area (Å²) in [5.74, 6) is 1.82. The van der Waals surface area contributed by atoms with Gasteiger partial charge in [-0.2, -0.15) is 5.10 Å². The van der Waals surface area contributed by atoms with Crippen LogP contribution in [0.3, 0.4) is 0 Å². The zero-order chi connectivity index (χ0) is 23.6. The summed E-state index contributed by atoms with van der Waals surface area (Å²) in [7, 11) is -3.30. The van der Waals surface area contributed by atoms with Crippen molar-refractivity contribution in [3.8, 4) is 11.6 Å². The van der Waals surface area contributed by atoms with E-state index in [1.54, 1.807) is 0 Å². The Morgan fingerprint density at radius 3 is 2.42 bits per heavy atom. The average molecular weight is 470 g/mol. The minimum Gasteiger partial charge on any atom is -0.438 e. The Labute approximate surface area is 193 Å². The Hall–Kier alpha value is -3.27. The quantitative estimate of drug-likeness (QED) is 0.520. The van der Waals surface area contributed by atoms with Gasteiger partial charge in [0.05, 0.1) is 10.6 Å². The smallest absolute Gasteiger partial charge is 0.235 e. The summed E-state index contributed by atoms with van der Waals surface area (Å²) in [5.41, 5.74) is 2.49. The van der Waals surface area contributed by atoms with Crippen LogP contribution in [0, 0.1) is 0 Å². The fourth-order valence-electron chi connectivity index (χ4n) is 3.93. The first-order chi connectivity index (χ1) is 15.8. The summed E-state index contributed by atoms with van der Waals surface area (Å²) in [5, 5.41) is 7.59. The molecule has 0 atom stereocenters. The van der Waals surface area contributed by atoms with Crippen LogP contribution in [0.4, 0.5) is 5.82 Å². The molecule has 2 aromatic heterocycles. The highest BCUT2D eigenvalue weighted by Gasteiger charge is 2.26. The molecule has 0 saturated carbocycles. The summed E-state index contributed by atoms with van der Waals surface area (Å²) < 4.78 is 29.1. The number of rotatable bonds is 7. The molecule has 174 valence electrons. The number of nitrogens with zero attached hydrogens (tertiary/aromatic N) is 4. The van der Waals surface area contributed by atoms with Crippen LogP contribution in [0.5, 0.6) is 11.6 Å². The van der Waals surface area contributed by atoms with Gasteiger partial charge in [0, 0.05) is 31.0 Å². The van der Waals surface area contributed by atoms with Crippen molar-refractivity contribution in [2.45, 2.75) is 43.4 Å². The second kappa shape index (κ2) is 9.30. The fourth-order valence-corrected chi connectivity index (χ4v) is 4.56. The van der Waals surface area contributed by atoms with Crippen molar-refractivity contribution in [2.24, 2.45) is 0 Å². The molecule has 1 aliphatic rings. The first-order valence-corrected chi connectivity index (χ1v) is 12.7. The van der Waals surface area contributed by atoms with E-state index in [4.69, 9.17) is 4.74 Å². The van der Waals surface area contributed by atoms with Crippen LogP contribution in [-0.2, 0) is 9.84 Å². The molecule has 0 unspecified atom stereocenters. The molecule has 0 radical (unpaired) electrons. The number of ether oxygens (including phenoxy) is 1. The molecule has 10 heteroatoms. The second-order valence-corrected chi connectivity index (χ2v) is 10.6. The molecule has 0 amide bonds. The molecule has 1 N–H and O–H groups in total. The molecule has 1 aromatic carbocycles. The maximum absolute atomic E-state index is 11.9. The monoisotopic (exact) mass is 469 g/mol. The molecule has 1 aliphatic heterocycles. The Morgan fingerprint density at radius 1 is 1.15 bits per heavy atom. The lowest BCUT2D eigenvalue weighted by molar-refractivity contribution is 0.112. The number of H-pyrrole nitrogens is 1. The van der Waals surface area contributed by atoms with Crippen LogP contribution < -0.4 is 9.64 Å². The topological polar surface area (TPSA) is 118 Å². The van der Waals surface area contributed by atoms with Gasteiger partial charge < -0.3 is 9.64 Å². The normalized spacial score (nSPS) is 15.1. The molecule has 0 bridgehead atoms. The highest BCUT2D eigenvalue weighted by Crippen LogP contribution is 2.33. The van der Waals surface area contributed by atoms with Crippen LogP contribution in [0.1, 0.15) is 60.3 Å². The van der Waals surface area contributed by atoms with Gasteiger partial charge in [-0.1, -0.05) is 13.8 Å². The molecule has 4 rings (SSSR count). The number of sulfone groups is 1. The van der Waals surface area contributed by atoms with E-state index < -0.39 is 9.84 Å². The maximum atomic E-state index is 11.9. The number of benzene rings is 1. The lowest BCUT2D eigenvalue weighted by Crippen LogP contribution is -2.34. The van der Waals surface area contributed by atoms with E-state index in [-0.39, 0.29) is 16.3 Å². The van der Waals surface area contributed by atoms with Crippen molar-refractivity contribution < 1.29 is 17.9 Å². The van der Waals surface area contributed by atoms with E-state index in [0.29, 0.717) is 29.7 Å². The van der Waals surface area contributed by atoms with Crippen molar-refractivity contribution in [2.75, 3.05) is 24.2 Å². The van der Waals surface area contributed by atoms with E-state index in [1.807, 2.05) is 0 Å². The lowest BCUT2D eigenvalue weighted by Gasteiger charge is -2.33. The summed E-state index contributed by atoms with van der Waals surface area (Å²) in [4.78, 5) is 22.7. The lowest BCUT2D eigenvalue weighted by atomic mass is 9.92. The molecule has 1 fully saturated rings. The molecule has 3 aromatic rings. The number of nitrogens with one attached hydrogen (secondary N) is 1. The average Bonchev–Trinajstić information content (AvgIpc) is 3.30. The Balaban J connectivity index is 1.49. The Morgan fingerprint density at radius 2 is 1.85 bits per heavy atom. The number of piperidine rings is 1. The van der Waals surface area contributed by atoms with E-state index in [0.717, 1.165) is 43.6 Å². The van der Waals surface area contributed by atoms with Crippen molar-refractivity contribution in [1.82, 2.24) is 20.2 Å². The van der Waals surface area contributed by atoms with Crippen molar-refractivity contribution in [3.05, 3.63) is 53.6 Å². The SMILES string of the molecule is CC(C)c1cc(C2CCN(c3ncnc(Oc4ccc(S(C)(=O)=O)cc4)c3C=O)CC2)[nH]n1. The van der Waals surface area contributed by atoms with Crippen LogP contribution in [0.15, 0.2) is 41.6 Å². The number of hydrogen-bond donors (Lipinski definition) is 1.